The maximum absolute atomic E-state index is 12.6. The van der Waals surface area contributed by atoms with E-state index in [-0.39, 0.29) is 18.4 Å². The van der Waals surface area contributed by atoms with Gasteiger partial charge in [-0.3, -0.25) is 9.59 Å². The van der Waals surface area contributed by atoms with Crippen molar-refractivity contribution in [1.82, 2.24) is 10.3 Å². The van der Waals surface area contributed by atoms with E-state index in [0.29, 0.717) is 31.7 Å². The fourth-order valence-electron chi connectivity index (χ4n) is 3.88. The molecule has 1 aromatic heterocycles. The van der Waals surface area contributed by atoms with Crippen molar-refractivity contribution in [2.24, 2.45) is 11.8 Å². The van der Waals surface area contributed by atoms with Gasteiger partial charge in [0.1, 0.15) is 5.69 Å². The Morgan fingerprint density at radius 2 is 1.93 bits per heavy atom. The molecule has 3 N–H and O–H groups in total. The lowest BCUT2D eigenvalue weighted by Gasteiger charge is -2.27. The van der Waals surface area contributed by atoms with Gasteiger partial charge in [0.15, 0.2) is 0 Å². The molecule has 4 rings (SSSR count). The molecule has 3 aromatic rings. The first-order chi connectivity index (χ1) is 13.1. The first kappa shape index (κ1) is 17.5. The van der Waals surface area contributed by atoms with Gasteiger partial charge in [-0.2, -0.15) is 0 Å². The number of hydrogen-bond donors (Lipinski definition) is 3. The highest BCUT2D eigenvalue weighted by atomic mass is 16.5. The third kappa shape index (κ3) is 3.53. The first-order valence-corrected chi connectivity index (χ1v) is 9.22. The molecule has 1 amide bonds. The molecule has 1 saturated heterocycles. The molecule has 0 aliphatic carbocycles. The molecule has 0 bridgehead atoms. The molecular formula is C21H22N2O4. The van der Waals surface area contributed by atoms with E-state index in [4.69, 9.17) is 4.74 Å². The van der Waals surface area contributed by atoms with Crippen LogP contribution in [-0.4, -0.2) is 41.7 Å². The zero-order chi connectivity index (χ0) is 18.8. The molecule has 6 heteroatoms. The maximum atomic E-state index is 12.6. The van der Waals surface area contributed by atoms with Crippen LogP contribution in [-0.2, 0) is 9.53 Å². The van der Waals surface area contributed by atoms with Gasteiger partial charge in [0.2, 0.25) is 0 Å². The summed E-state index contributed by atoms with van der Waals surface area (Å²) in [6.45, 7) is 1.28. The van der Waals surface area contributed by atoms with Gasteiger partial charge in [0.05, 0.1) is 5.92 Å². The van der Waals surface area contributed by atoms with E-state index in [0.717, 1.165) is 21.7 Å². The zero-order valence-electron chi connectivity index (χ0n) is 14.9. The summed E-state index contributed by atoms with van der Waals surface area (Å²) in [5.41, 5.74) is 1.33. The average molecular weight is 366 g/mol. The molecule has 2 heterocycles. The van der Waals surface area contributed by atoms with Gasteiger partial charge in [-0.05, 0) is 41.7 Å². The number of H-pyrrole nitrogens is 1. The van der Waals surface area contributed by atoms with Crippen LogP contribution in [0.4, 0.5) is 0 Å². The fourth-order valence-corrected chi connectivity index (χ4v) is 3.88. The standard InChI is InChI=1S/C21H22N2O4/c24-20(22-12-17(21(25)26)14-7-9-27-10-8-14)19-11-16-15-4-2-1-3-13(15)5-6-18(16)23-19/h1-6,11,14,17,23H,7-10,12H2,(H,22,24)(H,25,26). The molecule has 1 unspecified atom stereocenters. The summed E-state index contributed by atoms with van der Waals surface area (Å²) in [5, 5.41) is 15.5. The monoisotopic (exact) mass is 366 g/mol. The topological polar surface area (TPSA) is 91.4 Å². The van der Waals surface area contributed by atoms with Crippen LogP contribution in [0.5, 0.6) is 0 Å². The zero-order valence-corrected chi connectivity index (χ0v) is 14.9. The van der Waals surface area contributed by atoms with E-state index in [1.54, 1.807) is 0 Å². The van der Waals surface area contributed by atoms with Crippen molar-refractivity contribution in [3.63, 3.8) is 0 Å². The predicted molar refractivity (Wildman–Crippen MR) is 103 cm³/mol. The predicted octanol–water partition coefficient (Wildman–Crippen LogP) is 3.18. The van der Waals surface area contributed by atoms with Crippen molar-refractivity contribution in [3.05, 3.63) is 48.2 Å². The summed E-state index contributed by atoms with van der Waals surface area (Å²) in [6, 6.07) is 13.8. The Morgan fingerprint density at radius 1 is 1.15 bits per heavy atom. The lowest BCUT2D eigenvalue weighted by Crippen LogP contribution is -2.39. The van der Waals surface area contributed by atoms with Crippen LogP contribution in [0.15, 0.2) is 42.5 Å². The smallest absolute Gasteiger partial charge is 0.308 e. The number of carbonyl (C=O) groups is 2. The van der Waals surface area contributed by atoms with Crippen LogP contribution in [0.2, 0.25) is 0 Å². The highest BCUT2D eigenvalue weighted by Gasteiger charge is 2.30. The van der Waals surface area contributed by atoms with Crippen LogP contribution in [0.25, 0.3) is 21.7 Å². The SMILES string of the molecule is O=C(NCC(C(=O)O)C1CCOCC1)c1cc2c(ccc3ccccc32)[nH]1. The summed E-state index contributed by atoms with van der Waals surface area (Å²) in [5.74, 6) is -1.72. The summed E-state index contributed by atoms with van der Waals surface area (Å²) in [6.07, 6.45) is 1.43. The van der Waals surface area contributed by atoms with Crippen molar-refractivity contribution < 1.29 is 19.4 Å². The highest BCUT2D eigenvalue weighted by molar-refractivity contribution is 6.09. The van der Waals surface area contributed by atoms with Crippen molar-refractivity contribution in [2.75, 3.05) is 19.8 Å². The Kier molecular flexibility index (Phi) is 4.81. The second-order valence-electron chi connectivity index (χ2n) is 7.04. The average Bonchev–Trinajstić information content (AvgIpc) is 3.13. The third-order valence-corrected chi connectivity index (χ3v) is 5.41. The number of benzene rings is 2. The molecule has 0 spiro atoms. The summed E-state index contributed by atoms with van der Waals surface area (Å²) < 4.78 is 5.31. The van der Waals surface area contributed by atoms with Crippen LogP contribution < -0.4 is 5.32 Å². The highest BCUT2D eigenvalue weighted by Crippen LogP contribution is 2.26. The second-order valence-corrected chi connectivity index (χ2v) is 7.04. The van der Waals surface area contributed by atoms with Gasteiger partial charge in [-0.1, -0.05) is 30.3 Å². The molecule has 1 fully saturated rings. The van der Waals surface area contributed by atoms with Crippen molar-refractivity contribution in [2.45, 2.75) is 12.8 Å². The number of nitrogens with one attached hydrogen (secondary N) is 2. The minimum Gasteiger partial charge on any atom is -0.481 e. The number of aromatic amines is 1. The van der Waals surface area contributed by atoms with Gasteiger partial charge >= 0.3 is 5.97 Å². The Balaban J connectivity index is 1.52. The molecule has 6 nitrogen and oxygen atoms in total. The largest absolute Gasteiger partial charge is 0.481 e. The molecule has 2 aromatic carbocycles. The number of carboxylic acids is 1. The van der Waals surface area contributed by atoms with Crippen molar-refractivity contribution >= 4 is 33.6 Å². The molecule has 1 aliphatic heterocycles. The van der Waals surface area contributed by atoms with Gasteiger partial charge < -0.3 is 20.1 Å². The third-order valence-electron chi connectivity index (χ3n) is 5.41. The van der Waals surface area contributed by atoms with Gasteiger partial charge in [-0.15, -0.1) is 0 Å². The summed E-state index contributed by atoms with van der Waals surface area (Å²) in [7, 11) is 0. The number of carboxylic acid groups (broad SMARTS) is 1. The number of ether oxygens (including phenoxy) is 1. The molecular weight excluding hydrogens is 344 g/mol. The Labute approximate surface area is 156 Å². The van der Waals surface area contributed by atoms with Gasteiger partial charge in [0, 0.05) is 30.7 Å². The van der Waals surface area contributed by atoms with E-state index >= 15 is 0 Å². The van der Waals surface area contributed by atoms with Crippen molar-refractivity contribution in [3.8, 4) is 0 Å². The molecule has 0 radical (unpaired) electrons. The fraction of sp³-hybridized carbons (Fsp3) is 0.333. The van der Waals surface area contributed by atoms with E-state index in [2.05, 4.69) is 10.3 Å². The minimum absolute atomic E-state index is 0.0307. The van der Waals surface area contributed by atoms with Crippen LogP contribution in [0.3, 0.4) is 0 Å². The maximum Gasteiger partial charge on any atom is 0.308 e. The van der Waals surface area contributed by atoms with E-state index in [1.807, 2.05) is 42.5 Å². The number of carbonyl (C=O) groups excluding carboxylic acids is 1. The summed E-state index contributed by atoms with van der Waals surface area (Å²) in [4.78, 5) is 27.4. The van der Waals surface area contributed by atoms with Gasteiger partial charge in [0.25, 0.3) is 5.91 Å². The lowest BCUT2D eigenvalue weighted by atomic mass is 9.86. The normalized spacial score (nSPS) is 16.4. The quantitative estimate of drug-likeness (QED) is 0.647. The molecule has 1 aliphatic rings. The molecule has 0 saturated carbocycles. The molecule has 140 valence electrons. The number of amides is 1. The Hall–Kier alpha value is -2.86. The van der Waals surface area contributed by atoms with Gasteiger partial charge in [-0.25, -0.2) is 0 Å². The summed E-state index contributed by atoms with van der Waals surface area (Å²) >= 11 is 0. The van der Waals surface area contributed by atoms with E-state index in [9.17, 15) is 14.7 Å². The molecule has 1 atom stereocenters. The number of rotatable bonds is 5. The Bertz CT molecular complexity index is 988. The first-order valence-electron chi connectivity index (χ1n) is 9.22. The Morgan fingerprint density at radius 3 is 2.70 bits per heavy atom. The van der Waals surface area contributed by atoms with Crippen LogP contribution >= 0.6 is 0 Å². The second kappa shape index (κ2) is 7.40. The van der Waals surface area contributed by atoms with Crippen LogP contribution in [0, 0.1) is 11.8 Å². The van der Waals surface area contributed by atoms with E-state index in [1.165, 1.54) is 0 Å². The number of hydrogen-bond acceptors (Lipinski definition) is 3. The number of aliphatic carboxylic acids is 1. The number of aromatic nitrogens is 1. The lowest BCUT2D eigenvalue weighted by molar-refractivity contribution is -0.144. The minimum atomic E-state index is -0.871. The van der Waals surface area contributed by atoms with E-state index < -0.39 is 11.9 Å². The number of fused-ring (bicyclic) bond motifs is 3. The molecule has 27 heavy (non-hydrogen) atoms. The van der Waals surface area contributed by atoms with Crippen molar-refractivity contribution in [1.29, 1.82) is 0 Å². The van der Waals surface area contributed by atoms with Crippen LogP contribution in [0.1, 0.15) is 23.3 Å².